The number of ether oxygens (including phenoxy) is 2. The van der Waals surface area contributed by atoms with Crippen molar-refractivity contribution in [2.75, 3.05) is 39.1 Å². The number of pyridine rings is 1. The quantitative estimate of drug-likeness (QED) is 0.350. The van der Waals surface area contributed by atoms with Crippen molar-refractivity contribution in [1.29, 1.82) is 0 Å². The van der Waals surface area contributed by atoms with Gasteiger partial charge in [0.25, 0.3) is 0 Å². The lowest BCUT2D eigenvalue weighted by Gasteiger charge is -2.40. The summed E-state index contributed by atoms with van der Waals surface area (Å²) >= 11 is 0. The molecule has 220 valence electrons. The number of methoxy groups -OCH3 is 1. The first kappa shape index (κ1) is 33.4. The van der Waals surface area contributed by atoms with E-state index in [0.29, 0.717) is 34.6 Å². The molecule has 1 fully saturated rings. The van der Waals surface area contributed by atoms with Crippen molar-refractivity contribution in [3.05, 3.63) is 42.0 Å². The molecule has 2 aromatic rings. The molecule has 0 amide bonds. The maximum Gasteiger partial charge on any atom is 0.458 e. The van der Waals surface area contributed by atoms with Crippen LogP contribution in [-0.2, 0) is 9.31 Å². The molecule has 0 saturated carbocycles. The summed E-state index contributed by atoms with van der Waals surface area (Å²) in [6.07, 6.45) is 10.9. The van der Waals surface area contributed by atoms with E-state index in [1.165, 1.54) is 13.2 Å². The van der Waals surface area contributed by atoms with Crippen molar-refractivity contribution in [2.45, 2.75) is 83.6 Å². The fourth-order valence-electron chi connectivity index (χ4n) is 3.64. The molecule has 0 spiro atoms. The number of halogens is 1. The number of aliphatic hydroxyl groups is 1. The van der Waals surface area contributed by atoms with Gasteiger partial charge in [0.05, 0.1) is 24.9 Å². The van der Waals surface area contributed by atoms with Gasteiger partial charge in [0.1, 0.15) is 0 Å². The van der Waals surface area contributed by atoms with Crippen molar-refractivity contribution in [3.63, 3.8) is 0 Å². The summed E-state index contributed by atoms with van der Waals surface area (Å²) in [5.74, 6) is -0.341. The van der Waals surface area contributed by atoms with E-state index in [1.807, 2.05) is 40.7 Å². The molecule has 1 atom stereocenters. The van der Waals surface area contributed by atoms with Crippen LogP contribution in [0.1, 0.15) is 66.9 Å². The van der Waals surface area contributed by atoms with E-state index < -0.39 is 24.1 Å². The van der Waals surface area contributed by atoms with Crippen LogP contribution in [0.4, 0.5) is 4.39 Å². The molecule has 1 aliphatic rings. The van der Waals surface area contributed by atoms with Crippen LogP contribution < -0.4 is 9.47 Å². The molecule has 1 aliphatic heterocycles. The van der Waals surface area contributed by atoms with Crippen molar-refractivity contribution >= 4 is 17.1 Å². The van der Waals surface area contributed by atoms with Crippen molar-refractivity contribution < 1.29 is 28.3 Å². The van der Waals surface area contributed by atoms with Crippen LogP contribution in [0.5, 0.6) is 11.5 Å². The average molecular weight is 566 g/mol. The average Bonchev–Trinajstić information content (AvgIpc) is 3.02. The van der Waals surface area contributed by atoms with Gasteiger partial charge in [-0.3, -0.25) is 4.98 Å². The van der Waals surface area contributed by atoms with Crippen LogP contribution in [0.15, 0.2) is 30.6 Å². The van der Waals surface area contributed by atoms with Crippen molar-refractivity contribution in [3.8, 4) is 22.6 Å². The minimum atomic E-state index is -0.509. The molecule has 3 rings (SSSR count). The molecule has 1 aromatic heterocycles. The standard InChI is InChI=1S/C23H31BFNO5.C7H18S/c1-7-29-20-10-15(9-19(25)21(20)28-6)16-8-17(13-26-12-16)18(14-27)11-24-30-22(2,3)23(4,5)31-24;1-7(2,3)8(4,5)6/h8-10,12-13,18,27H,7,11,14H2,1-6H3;1-6H3. The number of hydrogen-bond acceptors (Lipinski definition) is 6. The van der Waals surface area contributed by atoms with E-state index in [4.69, 9.17) is 18.8 Å². The Morgan fingerprint density at radius 2 is 1.59 bits per heavy atom. The monoisotopic (exact) mass is 565 g/mol. The Kier molecular flexibility index (Phi) is 11.0. The maximum absolute atomic E-state index is 14.6. The fourth-order valence-corrected chi connectivity index (χ4v) is 3.64. The van der Waals surface area contributed by atoms with Gasteiger partial charge < -0.3 is 23.9 Å². The predicted octanol–water partition coefficient (Wildman–Crippen LogP) is 6.94. The molecule has 1 aromatic carbocycles. The number of aliphatic hydroxyl groups excluding tert-OH is 1. The third-order valence-corrected chi connectivity index (χ3v) is 11.6. The van der Waals surface area contributed by atoms with Gasteiger partial charge in [-0.25, -0.2) is 14.4 Å². The molecule has 0 radical (unpaired) electrons. The molecule has 1 N–H and O–H groups in total. The van der Waals surface area contributed by atoms with Gasteiger partial charge in [-0.15, -0.1) is 0 Å². The van der Waals surface area contributed by atoms with E-state index in [9.17, 15) is 9.50 Å². The highest BCUT2D eigenvalue weighted by molar-refractivity contribution is 8.33. The zero-order valence-electron chi connectivity index (χ0n) is 26.0. The molecular weight excluding hydrogens is 516 g/mol. The van der Waals surface area contributed by atoms with Crippen molar-refractivity contribution in [2.24, 2.45) is 0 Å². The van der Waals surface area contributed by atoms with Gasteiger partial charge in [-0.1, -0.05) is 20.8 Å². The Morgan fingerprint density at radius 3 is 2.05 bits per heavy atom. The molecule has 2 heterocycles. The second-order valence-corrected chi connectivity index (χ2v) is 17.6. The highest BCUT2D eigenvalue weighted by atomic mass is 32.3. The highest BCUT2D eigenvalue weighted by Gasteiger charge is 2.51. The number of aromatic nitrogens is 1. The molecule has 1 saturated heterocycles. The van der Waals surface area contributed by atoms with Crippen LogP contribution in [0.2, 0.25) is 6.32 Å². The second-order valence-electron chi connectivity index (χ2n) is 12.7. The predicted molar refractivity (Wildman–Crippen MR) is 163 cm³/mol. The zero-order valence-corrected chi connectivity index (χ0v) is 26.8. The largest absolute Gasteiger partial charge is 0.490 e. The summed E-state index contributed by atoms with van der Waals surface area (Å²) in [5, 5.41) is 10.1. The molecular formula is C30H49BFNO5S. The third kappa shape index (κ3) is 8.35. The smallest absolute Gasteiger partial charge is 0.458 e. The normalized spacial score (nSPS) is 17.7. The van der Waals surface area contributed by atoms with E-state index in [1.54, 1.807) is 18.5 Å². The third-order valence-electron chi connectivity index (χ3n) is 7.91. The van der Waals surface area contributed by atoms with Gasteiger partial charge in [0, 0.05) is 30.5 Å². The number of rotatable bonds is 8. The first-order valence-corrected chi connectivity index (χ1v) is 16.3. The lowest BCUT2D eigenvalue weighted by atomic mass is 9.75. The minimum Gasteiger partial charge on any atom is -0.490 e. The summed E-state index contributed by atoms with van der Waals surface area (Å²) in [7, 11) is 0.631. The van der Waals surface area contributed by atoms with E-state index in [0.717, 1.165) is 5.56 Å². The minimum absolute atomic E-state index is 0.0729. The van der Waals surface area contributed by atoms with Gasteiger partial charge in [-0.05, 0) is 93.8 Å². The summed E-state index contributed by atoms with van der Waals surface area (Å²) in [4.78, 5) is 4.32. The Morgan fingerprint density at radius 1 is 1.03 bits per heavy atom. The Bertz CT molecular complexity index is 1070. The fraction of sp³-hybridized carbons (Fsp3) is 0.633. The molecule has 6 nitrogen and oxygen atoms in total. The van der Waals surface area contributed by atoms with Crippen molar-refractivity contribution in [1.82, 2.24) is 4.98 Å². The highest BCUT2D eigenvalue weighted by Crippen LogP contribution is 2.49. The lowest BCUT2D eigenvalue weighted by Crippen LogP contribution is -2.41. The molecule has 9 heteroatoms. The SMILES string of the molecule is CC(C)(C)S(C)(C)C.CCOc1cc(-c2cncc(C(CO)CB3OC(C)(C)C(C)(C)O3)c2)cc(F)c1OC. The first-order valence-electron chi connectivity index (χ1n) is 13.5. The summed E-state index contributed by atoms with van der Waals surface area (Å²) < 4.78 is 37.9. The maximum atomic E-state index is 14.6. The summed E-state index contributed by atoms with van der Waals surface area (Å²) in [6, 6.07) is 5.02. The number of nitrogens with zero attached hydrogens (tertiary/aromatic N) is 1. The Balaban J connectivity index is 0.000000580. The second kappa shape index (κ2) is 12.8. The molecule has 1 unspecified atom stereocenters. The Hall–Kier alpha value is -1.81. The molecule has 0 bridgehead atoms. The van der Waals surface area contributed by atoms with E-state index in [-0.39, 0.29) is 28.3 Å². The molecule has 0 aliphatic carbocycles. The lowest BCUT2D eigenvalue weighted by molar-refractivity contribution is 0.00578. The van der Waals surface area contributed by atoms with Gasteiger partial charge in [0.2, 0.25) is 0 Å². The van der Waals surface area contributed by atoms with Crippen LogP contribution in [-0.4, -0.2) is 72.2 Å². The summed E-state index contributed by atoms with van der Waals surface area (Å²) in [5.41, 5.74) is 1.28. The first-order chi connectivity index (χ1) is 17.9. The van der Waals surface area contributed by atoms with Gasteiger partial charge in [-0.2, -0.15) is 0 Å². The zero-order chi connectivity index (χ0) is 29.8. The van der Waals surface area contributed by atoms with Crippen LogP contribution in [0, 0.1) is 5.82 Å². The van der Waals surface area contributed by atoms with Gasteiger partial charge in [0.15, 0.2) is 17.3 Å². The van der Waals surface area contributed by atoms with Crippen LogP contribution >= 0.6 is 10.0 Å². The molecule has 39 heavy (non-hydrogen) atoms. The summed E-state index contributed by atoms with van der Waals surface area (Å²) in [6.45, 7) is 17.0. The van der Waals surface area contributed by atoms with Gasteiger partial charge >= 0.3 is 7.12 Å². The topological polar surface area (TPSA) is 70.0 Å². The number of hydrogen-bond donors (Lipinski definition) is 1. The number of benzene rings is 1. The van der Waals surface area contributed by atoms with Crippen LogP contribution in [0.3, 0.4) is 0 Å². The van der Waals surface area contributed by atoms with Crippen LogP contribution in [0.25, 0.3) is 11.1 Å². The van der Waals surface area contributed by atoms with E-state index in [2.05, 4.69) is 44.5 Å². The Labute approximate surface area is 237 Å². The van der Waals surface area contributed by atoms with E-state index >= 15 is 0 Å².